The summed E-state index contributed by atoms with van der Waals surface area (Å²) < 4.78 is 90.8. The van der Waals surface area contributed by atoms with Crippen molar-refractivity contribution in [3.05, 3.63) is 0 Å². The molecule has 1 aliphatic heterocycles. The van der Waals surface area contributed by atoms with Crippen molar-refractivity contribution < 1.29 is 40.6 Å². The van der Waals surface area contributed by atoms with Crippen LogP contribution in [-0.4, -0.2) is 54.2 Å². The van der Waals surface area contributed by atoms with Gasteiger partial charge in [-0.25, -0.2) is 4.79 Å². The first-order chi connectivity index (χ1) is 11.8. The highest BCUT2D eigenvalue weighted by Crippen LogP contribution is 2.55. The van der Waals surface area contributed by atoms with Crippen LogP contribution in [0.15, 0.2) is 0 Å². The summed E-state index contributed by atoms with van der Waals surface area (Å²) in [5, 5.41) is 0. The van der Waals surface area contributed by atoms with Crippen LogP contribution in [0.5, 0.6) is 0 Å². The van der Waals surface area contributed by atoms with Gasteiger partial charge < -0.3 is 14.4 Å². The highest BCUT2D eigenvalue weighted by atomic mass is 19.4. The van der Waals surface area contributed by atoms with Crippen LogP contribution in [0.2, 0.25) is 0 Å². The van der Waals surface area contributed by atoms with Crippen LogP contribution in [0.4, 0.5) is 31.1 Å². The number of halogens is 6. The van der Waals surface area contributed by atoms with Crippen LogP contribution in [0, 0.1) is 11.3 Å². The molecule has 0 N–H and O–H groups in total. The Hall–Kier alpha value is -1.19. The molecule has 1 heterocycles. The molecule has 0 aromatic carbocycles. The lowest BCUT2D eigenvalue weighted by atomic mass is 9.75. The van der Waals surface area contributed by atoms with Gasteiger partial charge >= 0.3 is 18.4 Å². The molecular weight excluding hydrogens is 380 g/mol. The second kappa shape index (κ2) is 7.33. The van der Waals surface area contributed by atoms with Gasteiger partial charge in [-0.3, -0.25) is 0 Å². The van der Waals surface area contributed by atoms with E-state index in [9.17, 15) is 31.1 Å². The Morgan fingerprint density at radius 1 is 0.963 bits per heavy atom. The summed E-state index contributed by atoms with van der Waals surface area (Å²) in [7, 11) is 0. The number of ether oxygens (including phenoxy) is 2. The van der Waals surface area contributed by atoms with E-state index in [1.54, 1.807) is 20.8 Å². The molecule has 1 saturated heterocycles. The summed E-state index contributed by atoms with van der Waals surface area (Å²) in [6.45, 7) is 6.90. The number of amides is 1. The Morgan fingerprint density at radius 3 is 1.81 bits per heavy atom. The van der Waals surface area contributed by atoms with E-state index in [-0.39, 0.29) is 19.5 Å². The van der Waals surface area contributed by atoms with Gasteiger partial charge in [0.2, 0.25) is 0 Å². The Morgan fingerprint density at radius 2 is 1.44 bits per heavy atom. The molecule has 1 atom stereocenters. The van der Waals surface area contributed by atoms with Gasteiger partial charge in [0.1, 0.15) is 5.60 Å². The first-order valence-corrected chi connectivity index (χ1v) is 8.57. The predicted molar refractivity (Wildman–Crippen MR) is 86.2 cm³/mol. The molecule has 27 heavy (non-hydrogen) atoms. The van der Waals surface area contributed by atoms with E-state index in [0.29, 0.717) is 0 Å². The third kappa shape index (κ3) is 5.20. The van der Waals surface area contributed by atoms with Crippen LogP contribution in [-0.2, 0) is 9.47 Å². The Balaban J connectivity index is 2.91. The van der Waals surface area contributed by atoms with Crippen LogP contribution in [0.3, 0.4) is 0 Å². The monoisotopic (exact) mass is 407 g/mol. The molecule has 1 amide bonds. The molecule has 1 rings (SSSR count). The maximum absolute atomic E-state index is 13.5. The van der Waals surface area contributed by atoms with Crippen molar-refractivity contribution in [2.75, 3.05) is 19.7 Å². The van der Waals surface area contributed by atoms with Crippen molar-refractivity contribution in [2.24, 2.45) is 11.3 Å². The lowest BCUT2D eigenvalue weighted by Gasteiger charge is -2.46. The fourth-order valence-electron chi connectivity index (χ4n) is 3.10. The van der Waals surface area contributed by atoms with Gasteiger partial charge in [0.25, 0.3) is 5.60 Å². The zero-order chi connectivity index (χ0) is 21.5. The Kier molecular flexibility index (Phi) is 6.47. The van der Waals surface area contributed by atoms with Gasteiger partial charge in [0.05, 0.1) is 6.61 Å². The van der Waals surface area contributed by atoms with E-state index in [1.165, 1.54) is 4.90 Å². The fraction of sp³-hybridized carbons (Fsp3) is 0.941. The molecule has 10 heteroatoms. The van der Waals surface area contributed by atoms with E-state index in [2.05, 4.69) is 4.74 Å². The van der Waals surface area contributed by atoms with Crippen LogP contribution in [0.25, 0.3) is 0 Å². The van der Waals surface area contributed by atoms with Gasteiger partial charge in [0, 0.05) is 24.4 Å². The number of carbonyl (C=O) groups excluding carboxylic acids is 1. The second-order valence-electron chi connectivity index (χ2n) is 8.82. The van der Waals surface area contributed by atoms with Crippen LogP contribution >= 0.6 is 0 Å². The standard InChI is InChI=1S/C17H27F6NO3/c1-13(2,3)15(16(18,19)20,17(21,22)23)26-10-11-7-8-24(9-11)12(25)27-14(4,5)6/h11H,7-10H2,1-6H3. The average Bonchev–Trinajstić information content (AvgIpc) is 2.80. The van der Waals surface area contributed by atoms with E-state index in [1.807, 2.05) is 0 Å². The van der Waals surface area contributed by atoms with Crippen molar-refractivity contribution in [1.82, 2.24) is 4.90 Å². The molecule has 0 aliphatic carbocycles. The van der Waals surface area contributed by atoms with Crippen LogP contribution < -0.4 is 0 Å². The van der Waals surface area contributed by atoms with Crippen LogP contribution in [0.1, 0.15) is 48.0 Å². The third-order valence-corrected chi connectivity index (χ3v) is 4.33. The number of rotatable bonds is 3. The van der Waals surface area contributed by atoms with Gasteiger partial charge in [-0.1, -0.05) is 20.8 Å². The highest BCUT2D eigenvalue weighted by molar-refractivity contribution is 5.68. The largest absolute Gasteiger partial charge is 0.444 e. The van der Waals surface area contributed by atoms with E-state index in [4.69, 9.17) is 4.74 Å². The van der Waals surface area contributed by atoms with Gasteiger partial charge in [-0.15, -0.1) is 0 Å². The summed E-state index contributed by atoms with van der Waals surface area (Å²) in [5.41, 5.74) is -7.32. The molecule has 0 aromatic heterocycles. The summed E-state index contributed by atoms with van der Waals surface area (Å²) in [4.78, 5) is 13.3. The smallest absolute Gasteiger partial charge is 0.427 e. The number of alkyl halides is 6. The minimum atomic E-state index is -5.65. The molecule has 0 radical (unpaired) electrons. The fourth-order valence-corrected chi connectivity index (χ4v) is 3.10. The molecule has 1 fully saturated rings. The van der Waals surface area contributed by atoms with Gasteiger partial charge in [-0.2, -0.15) is 26.3 Å². The Bertz CT molecular complexity index is 495. The lowest BCUT2D eigenvalue weighted by Crippen LogP contribution is -2.66. The summed E-state index contributed by atoms with van der Waals surface area (Å²) in [6, 6.07) is 0. The molecular formula is C17H27F6NO3. The lowest BCUT2D eigenvalue weighted by molar-refractivity contribution is -0.411. The number of hydrogen-bond acceptors (Lipinski definition) is 3. The number of likely N-dealkylation sites (tertiary alicyclic amines) is 1. The van der Waals surface area contributed by atoms with Crippen molar-refractivity contribution in [2.45, 2.75) is 71.5 Å². The predicted octanol–water partition coefficient (Wildman–Crippen LogP) is 5.17. The normalized spacial score (nSPS) is 20.1. The van der Waals surface area contributed by atoms with E-state index in [0.717, 1.165) is 20.8 Å². The third-order valence-electron chi connectivity index (χ3n) is 4.33. The molecule has 0 aromatic rings. The molecule has 160 valence electrons. The molecule has 1 aliphatic rings. The molecule has 1 unspecified atom stereocenters. The zero-order valence-corrected chi connectivity index (χ0v) is 16.3. The average molecular weight is 407 g/mol. The van der Waals surface area contributed by atoms with Crippen molar-refractivity contribution >= 4 is 6.09 Å². The van der Waals surface area contributed by atoms with Crippen molar-refractivity contribution in [1.29, 1.82) is 0 Å². The Labute approximate surface area is 155 Å². The topological polar surface area (TPSA) is 38.8 Å². The van der Waals surface area contributed by atoms with Gasteiger partial charge in [0.15, 0.2) is 0 Å². The maximum Gasteiger partial charge on any atom is 0.427 e. The van der Waals surface area contributed by atoms with Crippen molar-refractivity contribution in [3.63, 3.8) is 0 Å². The van der Waals surface area contributed by atoms with Gasteiger partial charge in [-0.05, 0) is 27.2 Å². The molecule has 0 bridgehead atoms. The number of carbonyl (C=O) groups is 1. The summed E-state index contributed by atoms with van der Waals surface area (Å²) in [5.74, 6) is -0.649. The second-order valence-corrected chi connectivity index (χ2v) is 8.82. The summed E-state index contributed by atoms with van der Waals surface area (Å²) >= 11 is 0. The first-order valence-electron chi connectivity index (χ1n) is 8.57. The zero-order valence-electron chi connectivity index (χ0n) is 16.3. The maximum atomic E-state index is 13.5. The number of hydrogen-bond donors (Lipinski definition) is 0. The minimum Gasteiger partial charge on any atom is -0.444 e. The summed E-state index contributed by atoms with van der Waals surface area (Å²) in [6.07, 6.45) is -11.7. The molecule has 4 nitrogen and oxygen atoms in total. The highest BCUT2D eigenvalue weighted by Gasteiger charge is 2.77. The quantitative estimate of drug-likeness (QED) is 0.606. The SMILES string of the molecule is CC(C)(C)OC(=O)N1CCC(COC(C(C)(C)C)(C(F)(F)F)C(F)(F)F)C1. The first kappa shape index (κ1) is 23.8. The molecule has 0 spiro atoms. The molecule has 0 saturated carbocycles. The minimum absolute atomic E-state index is 0.0230. The van der Waals surface area contributed by atoms with E-state index >= 15 is 0 Å². The number of nitrogens with zero attached hydrogens (tertiary/aromatic N) is 1. The van der Waals surface area contributed by atoms with E-state index < -0.39 is 47.6 Å². The van der Waals surface area contributed by atoms with Crippen molar-refractivity contribution in [3.8, 4) is 0 Å².